The lowest BCUT2D eigenvalue weighted by Gasteiger charge is -2.17. The summed E-state index contributed by atoms with van der Waals surface area (Å²) in [4.78, 5) is 19.3. The van der Waals surface area contributed by atoms with E-state index in [4.69, 9.17) is 11.6 Å². The molecule has 2 aromatic carbocycles. The van der Waals surface area contributed by atoms with Crippen molar-refractivity contribution in [3.05, 3.63) is 64.8 Å². The Labute approximate surface area is 157 Å². The fraction of sp³-hybridized carbons (Fsp3) is 0.238. The second-order valence-electron chi connectivity index (χ2n) is 6.71. The number of aromatic nitrogens is 1. The zero-order chi connectivity index (χ0) is 18.1. The van der Waals surface area contributed by atoms with Crippen molar-refractivity contribution in [1.82, 2.24) is 9.88 Å². The molecule has 0 aliphatic carbocycles. The molecular weight excluding hydrogens is 346 g/mol. The van der Waals surface area contributed by atoms with Crippen LogP contribution >= 0.6 is 11.6 Å². The smallest absolute Gasteiger partial charge is 0.272 e. The van der Waals surface area contributed by atoms with Crippen LogP contribution in [0.1, 0.15) is 28.9 Å². The molecule has 0 spiro atoms. The van der Waals surface area contributed by atoms with E-state index in [1.807, 2.05) is 54.3 Å². The molecule has 0 saturated carbocycles. The number of nitrogens with one attached hydrogen (secondary N) is 1. The second kappa shape index (κ2) is 6.96. The number of carbonyl (C=O) groups is 1. The van der Waals surface area contributed by atoms with E-state index < -0.39 is 0 Å². The van der Waals surface area contributed by atoms with Crippen LogP contribution in [0.4, 0.5) is 11.4 Å². The predicted octanol–water partition coefficient (Wildman–Crippen LogP) is 5.18. The monoisotopic (exact) mass is 365 g/mol. The van der Waals surface area contributed by atoms with Gasteiger partial charge in [0.15, 0.2) is 0 Å². The maximum atomic E-state index is 12.8. The molecule has 2 heterocycles. The third kappa shape index (κ3) is 3.37. The number of likely N-dealkylation sites (tertiary alicyclic amines) is 1. The maximum absolute atomic E-state index is 12.8. The molecule has 0 unspecified atom stereocenters. The summed E-state index contributed by atoms with van der Waals surface area (Å²) in [7, 11) is 0. The molecule has 1 saturated heterocycles. The average molecular weight is 366 g/mol. The highest BCUT2D eigenvalue weighted by Gasteiger charge is 2.22. The van der Waals surface area contributed by atoms with E-state index in [0.717, 1.165) is 53.8 Å². The standard InChI is InChI=1S/C21H20ClN3O/c1-14-7-8-18-17(11-14)19(23-16-6-4-5-15(22)12-16)13-20(24-18)21(26)25-9-2-3-10-25/h4-8,11-13H,2-3,9-10H2,1H3,(H,23,24). The van der Waals surface area contributed by atoms with Crippen LogP contribution in [0.3, 0.4) is 0 Å². The minimum atomic E-state index is -0.000816. The summed E-state index contributed by atoms with van der Waals surface area (Å²) in [5, 5.41) is 5.06. The van der Waals surface area contributed by atoms with Gasteiger partial charge in [-0.2, -0.15) is 0 Å². The summed E-state index contributed by atoms with van der Waals surface area (Å²) in [6.45, 7) is 3.67. The number of hydrogen-bond donors (Lipinski definition) is 1. The molecule has 3 aromatic rings. The van der Waals surface area contributed by atoms with Gasteiger partial charge in [0.25, 0.3) is 5.91 Å². The Balaban J connectivity index is 1.80. The molecule has 0 atom stereocenters. The Morgan fingerprint density at radius 1 is 1.12 bits per heavy atom. The number of nitrogens with zero attached hydrogens (tertiary/aromatic N) is 2. The molecule has 1 aliphatic heterocycles. The molecule has 1 N–H and O–H groups in total. The van der Waals surface area contributed by atoms with Crippen LogP contribution in [-0.2, 0) is 0 Å². The number of anilines is 2. The second-order valence-corrected chi connectivity index (χ2v) is 7.15. The van der Waals surface area contributed by atoms with E-state index in [2.05, 4.69) is 16.4 Å². The highest BCUT2D eigenvalue weighted by atomic mass is 35.5. The van der Waals surface area contributed by atoms with Crippen LogP contribution < -0.4 is 5.32 Å². The lowest BCUT2D eigenvalue weighted by atomic mass is 10.1. The number of benzene rings is 2. The third-order valence-corrected chi connectivity index (χ3v) is 4.92. The lowest BCUT2D eigenvalue weighted by molar-refractivity contribution is 0.0787. The SMILES string of the molecule is Cc1ccc2nc(C(=O)N3CCCC3)cc(Nc3cccc(Cl)c3)c2c1. The number of amides is 1. The molecule has 4 nitrogen and oxygen atoms in total. The van der Waals surface area contributed by atoms with E-state index in [1.54, 1.807) is 0 Å². The Bertz CT molecular complexity index is 980. The summed E-state index contributed by atoms with van der Waals surface area (Å²) >= 11 is 6.11. The predicted molar refractivity (Wildman–Crippen MR) is 106 cm³/mol. The van der Waals surface area contributed by atoms with Crippen molar-refractivity contribution in [1.29, 1.82) is 0 Å². The highest BCUT2D eigenvalue weighted by Crippen LogP contribution is 2.29. The molecule has 4 rings (SSSR count). The van der Waals surface area contributed by atoms with Gasteiger partial charge < -0.3 is 10.2 Å². The van der Waals surface area contributed by atoms with Gasteiger partial charge in [0.05, 0.1) is 11.2 Å². The van der Waals surface area contributed by atoms with E-state index in [0.29, 0.717) is 10.7 Å². The van der Waals surface area contributed by atoms with Crippen LogP contribution in [0.15, 0.2) is 48.5 Å². The third-order valence-electron chi connectivity index (χ3n) is 4.68. The Kier molecular flexibility index (Phi) is 4.51. The Hall–Kier alpha value is -2.59. The normalized spacial score (nSPS) is 14.0. The summed E-state index contributed by atoms with van der Waals surface area (Å²) in [6.07, 6.45) is 2.12. The Morgan fingerprint density at radius 3 is 2.69 bits per heavy atom. The zero-order valence-electron chi connectivity index (χ0n) is 14.6. The first-order valence-electron chi connectivity index (χ1n) is 8.83. The highest BCUT2D eigenvalue weighted by molar-refractivity contribution is 6.30. The zero-order valence-corrected chi connectivity index (χ0v) is 15.4. The minimum absolute atomic E-state index is 0.000816. The van der Waals surface area contributed by atoms with Crippen LogP contribution in [0.5, 0.6) is 0 Å². The number of fused-ring (bicyclic) bond motifs is 1. The van der Waals surface area contributed by atoms with Crippen molar-refractivity contribution in [3.8, 4) is 0 Å². The largest absolute Gasteiger partial charge is 0.355 e. The average Bonchev–Trinajstić information content (AvgIpc) is 3.16. The first-order valence-corrected chi connectivity index (χ1v) is 9.21. The van der Waals surface area contributed by atoms with Crippen LogP contribution in [0.25, 0.3) is 10.9 Å². The number of aryl methyl sites for hydroxylation is 1. The number of rotatable bonds is 3. The maximum Gasteiger partial charge on any atom is 0.272 e. The first-order chi connectivity index (χ1) is 12.6. The van der Waals surface area contributed by atoms with Crippen molar-refractivity contribution in [2.24, 2.45) is 0 Å². The van der Waals surface area contributed by atoms with Gasteiger partial charge in [-0.3, -0.25) is 4.79 Å². The van der Waals surface area contributed by atoms with Crippen molar-refractivity contribution in [3.63, 3.8) is 0 Å². The molecule has 0 radical (unpaired) electrons. The first kappa shape index (κ1) is 16.9. The molecule has 1 fully saturated rings. The van der Waals surface area contributed by atoms with E-state index in [-0.39, 0.29) is 5.91 Å². The number of halogens is 1. The summed E-state index contributed by atoms with van der Waals surface area (Å²) in [5.41, 5.74) is 4.18. The van der Waals surface area contributed by atoms with Gasteiger partial charge in [0, 0.05) is 29.2 Å². The molecule has 5 heteroatoms. The van der Waals surface area contributed by atoms with Crippen LogP contribution in [0, 0.1) is 6.92 Å². The van der Waals surface area contributed by atoms with Gasteiger partial charge in [0.2, 0.25) is 0 Å². The van der Waals surface area contributed by atoms with Crippen molar-refractivity contribution < 1.29 is 4.79 Å². The lowest BCUT2D eigenvalue weighted by Crippen LogP contribution is -2.28. The van der Waals surface area contributed by atoms with Crippen molar-refractivity contribution in [2.45, 2.75) is 19.8 Å². The molecule has 26 heavy (non-hydrogen) atoms. The van der Waals surface area contributed by atoms with Gasteiger partial charge in [-0.25, -0.2) is 4.98 Å². The van der Waals surface area contributed by atoms with Crippen LogP contribution in [-0.4, -0.2) is 28.9 Å². The Morgan fingerprint density at radius 2 is 1.92 bits per heavy atom. The molecule has 0 bridgehead atoms. The van der Waals surface area contributed by atoms with Crippen LogP contribution in [0.2, 0.25) is 5.02 Å². The molecule has 1 aromatic heterocycles. The van der Waals surface area contributed by atoms with E-state index >= 15 is 0 Å². The number of carbonyl (C=O) groups excluding carboxylic acids is 1. The van der Waals surface area contributed by atoms with Crippen molar-refractivity contribution in [2.75, 3.05) is 18.4 Å². The van der Waals surface area contributed by atoms with Gasteiger partial charge in [-0.1, -0.05) is 29.3 Å². The fourth-order valence-corrected chi connectivity index (χ4v) is 3.55. The van der Waals surface area contributed by atoms with E-state index in [9.17, 15) is 4.79 Å². The topological polar surface area (TPSA) is 45.2 Å². The molecule has 1 amide bonds. The van der Waals surface area contributed by atoms with Gasteiger partial charge in [0.1, 0.15) is 5.69 Å². The summed E-state index contributed by atoms with van der Waals surface area (Å²) < 4.78 is 0. The van der Waals surface area contributed by atoms with Gasteiger partial charge in [-0.15, -0.1) is 0 Å². The van der Waals surface area contributed by atoms with Gasteiger partial charge >= 0.3 is 0 Å². The molecule has 1 aliphatic rings. The summed E-state index contributed by atoms with van der Waals surface area (Å²) in [6, 6.07) is 15.5. The minimum Gasteiger partial charge on any atom is -0.355 e. The summed E-state index contributed by atoms with van der Waals surface area (Å²) in [5.74, 6) is -0.000816. The van der Waals surface area contributed by atoms with Crippen molar-refractivity contribution >= 4 is 39.8 Å². The van der Waals surface area contributed by atoms with Gasteiger partial charge in [-0.05, 0) is 56.2 Å². The van der Waals surface area contributed by atoms with E-state index in [1.165, 1.54) is 0 Å². The number of pyridine rings is 1. The number of hydrogen-bond acceptors (Lipinski definition) is 3. The molecular formula is C21H20ClN3O. The molecule has 132 valence electrons. The quantitative estimate of drug-likeness (QED) is 0.695. The fourth-order valence-electron chi connectivity index (χ4n) is 3.36.